The molecule has 0 saturated heterocycles. The van der Waals surface area contributed by atoms with Crippen molar-refractivity contribution in [2.75, 3.05) is 12.4 Å². The molecule has 1 aromatic heterocycles. The quantitative estimate of drug-likeness (QED) is 0.695. The lowest BCUT2D eigenvalue weighted by Gasteiger charge is -2.03. The Morgan fingerprint density at radius 1 is 1.67 bits per heavy atom. The van der Waals surface area contributed by atoms with Crippen LogP contribution in [-0.4, -0.2) is 33.8 Å². The molecule has 12 heavy (non-hydrogen) atoms. The highest BCUT2D eigenvalue weighted by Gasteiger charge is 2.03. The van der Waals surface area contributed by atoms with Crippen molar-refractivity contribution >= 4 is 11.8 Å². The smallest absolute Gasteiger partial charge is 0.146 e. The lowest BCUT2D eigenvalue weighted by molar-refractivity contribution is 0.113. The Labute approximate surface area is 74.6 Å². The van der Waals surface area contributed by atoms with Crippen LogP contribution in [-0.2, 0) is 5.75 Å². The fourth-order valence-corrected chi connectivity index (χ4v) is 1.51. The SMILES string of the molecule is OCC(O)CSCc1ccno1. The van der Waals surface area contributed by atoms with E-state index in [1.807, 2.05) is 0 Å². The van der Waals surface area contributed by atoms with Gasteiger partial charge in [0, 0.05) is 11.8 Å². The molecule has 68 valence electrons. The third kappa shape index (κ3) is 3.25. The van der Waals surface area contributed by atoms with Crippen molar-refractivity contribution in [2.45, 2.75) is 11.9 Å². The molecule has 0 aliphatic carbocycles. The van der Waals surface area contributed by atoms with E-state index in [0.717, 1.165) is 5.76 Å². The van der Waals surface area contributed by atoms with E-state index in [-0.39, 0.29) is 6.61 Å². The van der Waals surface area contributed by atoms with Crippen LogP contribution in [0.1, 0.15) is 5.76 Å². The van der Waals surface area contributed by atoms with Crippen molar-refractivity contribution in [3.8, 4) is 0 Å². The number of aliphatic hydroxyl groups excluding tert-OH is 2. The lowest BCUT2D eigenvalue weighted by Crippen LogP contribution is -2.14. The number of hydrogen-bond donors (Lipinski definition) is 2. The maximum Gasteiger partial charge on any atom is 0.146 e. The van der Waals surface area contributed by atoms with Crippen LogP contribution in [0.3, 0.4) is 0 Å². The maximum atomic E-state index is 8.97. The molecular weight excluding hydrogens is 178 g/mol. The number of aliphatic hydroxyl groups is 2. The van der Waals surface area contributed by atoms with Crippen LogP contribution in [0, 0.1) is 0 Å². The van der Waals surface area contributed by atoms with Crippen molar-refractivity contribution < 1.29 is 14.7 Å². The zero-order valence-electron chi connectivity index (χ0n) is 6.51. The Hall–Kier alpha value is -0.520. The molecule has 4 nitrogen and oxygen atoms in total. The van der Waals surface area contributed by atoms with E-state index in [1.54, 1.807) is 12.3 Å². The standard InChI is InChI=1S/C7H11NO3S/c9-3-6(10)4-12-5-7-1-2-8-11-7/h1-2,6,9-10H,3-5H2. The second kappa shape index (κ2) is 5.18. The van der Waals surface area contributed by atoms with Crippen LogP contribution in [0.2, 0.25) is 0 Å². The summed E-state index contributed by atoms with van der Waals surface area (Å²) in [6.07, 6.45) is 0.941. The summed E-state index contributed by atoms with van der Waals surface area (Å²) in [5, 5.41) is 21.0. The van der Waals surface area contributed by atoms with Crippen molar-refractivity contribution in [3.05, 3.63) is 18.0 Å². The van der Waals surface area contributed by atoms with E-state index in [4.69, 9.17) is 14.7 Å². The summed E-state index contributed by atoms with van der Waals surface area (Å²) in [7, 11) is 0. The van der Waals surface area contributed by atoms with Gasteiger partial charge in [-0.3, -0.25) is 0 Å². The van der Waals surface area contributed by atoms with Gasteiger partial charge in [-0.05, 0) is 0 Å². The van der Waals surface area contributed by atoms with Gasteiger partial charge in [-0.15, -0.1) is 0 Å². The molecule has 1 atom stereocenters. The lowest BCUT2D eigenvalue weighted by atomic mass is 10.4. The number of aromatic nitrogens is 1. The molecule has 0 aliphatic rings. The summed E-state index contributed by atoms with van der Waals surface area (Å²) in [4.78, 5) is 0. The topological polar surface area (TPSA) is 66.5 Å². The Balaban J connectivity index is 2.11. The third-order valence-electron chi connectivity index (χ3n) is 1.26. The highest BCUT2D eigenvalue weighted by atomic mass is 32.2. The first-order valence-corrected chi connectivity index (χ1v) is 4.74. The number of nitrogens with zero attached hydrogens (tertiary/aromatic N) is 1. The van der Waals surface area contributed by atoms with E-state index in [0.29, 0.717) is 11.5 Å². The zero-order chi connectivity index (χ0) is 8.81. The van der Waals surface area contributed by atoms with E-state index in [9.17, 15) is 0 Å². The highest BCUT2D eigenvalue weighted by Crippen LogP contribution is 2.11. The van der Waals surface area contributed by atoms with Crippen LogP contribution < -0.4 is 0 Å². The molecule has 0 aromatic carbocycles. The van der Waals surface area contributed by atoms with Gasteiger partial charge in [0.05, 0.1) is 24.7 Å². The summed E-state index contributed by atoms with van der Waals surface area (Å²) in [5.41, 5.74) is 0. The van der Waals surface area contributed by atoms with Crippen LogP contribution in [0.4, 0.5) is 0 Å². The van der Waals surface area contributed by atoms with Crippen molar-refractivity contribution in [3.63, 3.8) is 0 Å². The number of thioether (sulfide) groups is 1. The molecule has 1 heterocycles. The molecular formula is C7H11NO3S. The van der Waals surface area contributed by atoms with Gasteiger partial charge in [0.25, 0.3) is 0 Å². The van der Waals surface area contributed by atoms with Crippen molar-refractivity contribution in [2.24, 2.45) is 0 Å². The van der Waals surface area contributed by atoms with Gasteiger partial charge >= 0.3 is 0 Å². The minimum absolute atomic E-state index is 0.191. The predicted octanol–water partition coefficient (Wildman–Crippen LogP) is 0.261. The molecule has 0 aliphatic heterocycles. The van der Waals surface area contributed by atoms with Crippen LogP contribution in [0.15, 0.2) is 16.8 Å². The van der Waals surface area contributed by atoms with Gasteiger partial charge in [0.1, 0.15) is 5.76 Å². The highest BCUT2D eigenvalue weighted by molar-refractivity contribution is 7.98. The summed E-state index contributed by atoms with van der Waals surface area (Å²) in [6, 6.07) is 1.78. The molecule has 0 spiro atoms. The minimum atomic E-state index is -0.641. The first-order chi connectivity index (χ1) is 5.83. The molecule has 1 rings (SSSR count). The zero-order valence-corrected chi connectivity index (χ0v) is 7.33. The Morgan fingerprint density at radius 3 is 3.08 bits per heavy atom. The van der Waals surface area contributed by atoms with Gasteiger partial charge in [-0.1, -0.05) is 5.16 Å². The third-order valence-corrected chi connectivity index (χ3v) is 2.37. The second-order valence-corrected chi connectivity index (χ2v) is 3.36. The van der Waals surface area contributed by atoms with E-state index >= 15 is 0 Å². The van der Waals surface area contributed by atoms with Gasteiger partial charge in [0.2, 0.25) is 0 Å². The first-order valence-electron chi connectivity index (χ1n) is 3.59. The fourth-order valence-electron chi connectivity index (χ4n) is 0.665. The van der Waals surface area contributed by atoms with Gasteiger partial charge in [-0.2, -0.15) is 11.8 Å². The van der Waals surface area contributed by atoms with Crippen molar-refractivity contribution in [1.29, 1.82) is 0 Å². The Kier molecular flexibility index (Phi) is 4.13. The molecule has 2 N–H and O–H groups in total. The van der Waals surface area contributed by atoms with E-state index < -0.39 is 6.10 Å². The van der Waals surface area contributed by atoms with Crippen LogP contribution in [0.25, 0.3) is 0 Å². The molecule has 5 heteroatoms. The largest absolute Gasteiger partial charge is 0.394 e. The molecule has 0 fully saturated rings. The van der Waals surface area contributed by atoms with E-state index in [2.05, 4.69) is 5.16 Å². The molecule has 0 amide bonds. The average molecular weight is 189 g/mol. The van der Waals surface area contributed by atoms with Gasteiger partial charge in [-0.25, -0.2) is 0 Å². The Morgan fingerprint density at radius 2 is 2.50 bits per heavy atom. The number of hydrogen-bond acceptors (Lipinski definition) is 5. The minimum Gasteiger partial charge on any atom is -0.394 e. The summed E-state index contributed by atoms with van der Waals surface area (Å²) >= 11 is 1.50. The van der Waals surface area contributed by atoms with Gasteiger partial charge < -0.3 is 14.7 Å². The summed E-state index contributed by atoms with van der Waals surface area (Å²) in [5.74, 6) is 1.97. The van der Waals surface area contributed by atoms with E-state index in [1.165, 1.54) is 11.8 Å². The first kappa shape index (κ1) is 9.57. The molecule has 1 aromatic rings. The second-order valence-electron chi connectivity index (χ2n) is 2.33. The maximum absolute atomic E-state index is 8.97. The average Bonchev–Trinajstić information content (AvgIpc) is 2.57. The fraction of sp³-hybridized carbons (Fsp3) is 0.571. The summed E-state index contributed by atoms with van der Waals surface area (Å²) < 4.78 is 4.83. The summed E-state index contributed by atoms with van der Waals surface area (Å²) in [6.45, 7) is -0.191. The monoisotopic (exact) mass is 189 g/mol. The Bertz CT molecular complexity index is 202. The van der Waals surface area contributed by atoms with Crippen LogP contribution in [0.5, 0.6) is 0 Å². The number of rotatable bonds is 5. The molecule has 0 bridgehead atoms. The normalized spacial score (nSPS) is 13.2. The van der Waals surface area contributed by atoms with Crippen LogP contribution >= 0.6 is 11.8 Å². The predicted molar refractivity (Wildman–Crippen MR) is 45.8 cm³/mol. The molecule has 0 radical (unpaired) electrons. The van der Waals surface area contributed by atoms with Gasteiger partial charge in [0.15, 0.2) is 0 Å². The van der Waals surface area contributed by atoms with Crippen molar-refractivity contribution in [1.82, 2.24) is 5.16 Å². The molecule has 0 saturated carbocycles. The molecule has 1 unspecified atom stereocenters.